The molecular formula is C23H26F3N5O4. The number of benzene rings is 1. The molecule has 4 heterocycles. The van der Waals surface area contributed by atoms with Crippen LogP contribution in [0.2, 0.25) is 0 Å². The van der Waals surface area contributed by atoms with Crippen LogP contribution in [0.5, 0.6) is 0 Å². The van der Waals surface area contributed by atoms with Gasteiger partial charge in [-0.25, -0.2) is 9.59 Å². The van der Waals surface area contributed by atoms with Crippen LogP contribution >= 0.6 is 0 Å². The molecule has 3 aliphatic heterocycles. The van der Waals surface area contributed by atoms with E-state index in [-0.39, 0.29) is 23.5 Å². The molecule has 12 heteroatoms. The highest BCUT2D eigenvalue weighted by Crippen LogP contribution is 2.42. The summed E-state index contributed by atoms with van der Waals surface area (Å²) in [6, 6.07) is 5.15. The first-order chi connectivity index (χ1) is 16.7. The number of carbonyl (C=O) groups excluding carboxylic acids is 1. The summed E-state index contributed by atoms with van der Waals surface area (Å²) in [7, 11) is 0. The van der Waals surface area contributed by atoms with E-state index in [9.17, 15) is 22.8 Å². The summed E-state index contributed by atoms with van der Waals surface area (Å²) in [4.78, 5) is 29.2. The molecule has 1 aromatic heterocycles. The van der Waals surface area contributed by atoms with Crippen molar-refractivity contribution in [2.24, 2.45) is 0 Å². The van der Waals surface area contributed by atoms with Crippen LogP contribution in [0, 0.1) is 0 Å². The van der Waals surface area contributed by atoms with Crippen molar-refractivity contribution < 1.29 is 32.6 Å². The highest BCUT2D eigenvalue weighted by molar-refractivity contribution is 5.86. The number of piperazine rings is 1. The molecule has 2 atom stereocenters. The summed E-state index contributed by atoms with van der Waals surface area (Å²) < 4.78 is 48.1. The van der Waals surface area contributed by atoms with Crippen LogP contribution in [-0.2, 0) is 17.5 Å². The molecule has 0 saturated carbocycles. The quantitative estimate of drug-likeness (QED) is 0.701. The molecule has 0 aliphatic carbocycles. The van der Waals surface area contributed by atoms with Crippen LogP contribution in [0.25, 0.3) is 0 Å². The zero-order chi connectivity index (χ0) is 24.7. The summed E-state index contributed by atoms with van der Waals surface area (Å²) >= 11 is 0. The fourth-order valence-electron chi connectivity index (χ4n) is 5.20. The molecule has 2 unspecified atom stereocenters. The Balaban J connectivity index is 1.27. The van der Waals surface area contributed by atoms with Crippen molar-refractivity contribution in [3.63, 3.8) is 0 Å². The molecule has 1 amide bonds. The molecule has 0 radical (unpaired) electrons. The van der Waals surface area contributed by atoms with Crippen molar-refractivity contribution in [1.82, 2.24) is 19.6 Å². The zero-order valence-corrected chi connectivity index (χ0v) is 18.9. The van der Waals surface area contributed by atoms with Crippen molar-refractivity contribution in [3.8, 4) is 0 Å². The number of amides is 1. The number of hydrogen-bond acceptors (Lipinski definition) is 6. The highest BCUT2D eigenvalue weighted by Gasteiger charge is 2.42. The molecule has 1 aromatic carbocycles. The van der Waals surface area contributed by atoms with Crippen LogP contribution < -0.4 is 4.90 Å². The van der Waals surface area contributed by atoms with Crippen LogP contribution in [-0.4, -0.2) is 88.2 Å². The second-order valence-corrected chi connectivity index (χ2v) is 9.18. The maximum atomic E-state index is 13.8. The van der Waals surface area contributed by atoms with Crippen molar-refractivity contribution in [3.05, 3.63) is 47.3 Å². The molecule has 3 aliphatic rings. The van der Waals surface area contributed by atoms with Gasteiger partial charge in [0.15, 0.2) is 5.69 Å². The van der Waals surface area contributed by atoms with Gasteiger partial charge in [0, 0.05) is 44.6 Å². The predicted molar refractivity (Wildman–Crippen MR) is 118 cm³/mol. The molecule has 3 saturated heterocycles. The third-order valence-electron chi connectivity index (χ3n) is 6.94. The second kappa shape index (κ2) is 9.15. The molecule has 35 heavy (non-hydrogen) atoms. The number of fused-ring (bicyclic) bond motifs is 2. The fraction of sp³-hybridized carbons (Fsp3) is 0.522. The largest absolute Gasteiger partial charge is 0.476 e. The van der Waals surface area contributed by atoms with E-state index in [0.29, 0.717) is 45.9 Å². The lowest BCUT2D eigenvalue weighted by Gasteiger charge is -2.38. The Hall–Kier alpha value is -3.12. The first kappa shape index (κ1) is 23.6. The first-order valence-corrected chi connectivity index (χ1v) is 11.6. The number of rotatable bonds is 4. The Morgan fingerprint density at radius 2 is 1.74 bits per heavy atom. The number of hydrogen-bond donors (Lipinski definition) is 1. The van der Waals surface area contributed by atoms with Crippen LogP contribution in [0.15, 0.2) is 30.5 Å². The van der Waals surface area contributed by atoms with Gasteiger partial charge in [0.2, 0.25) is 0 Å². The molecule has 5 rings (SSSR count). The van der Waals surface area contributed by atoms with E-state index in [4.69, 9.17) is 9.84 Å². The van der Waals surface area contributed by atoms with Gasteiger partial charge in [0.1, 0.15) is 0 Å². The van der Waals surface area contributed by atoms with E-state index in [1.54, 1.807) is 11.0 Å². The number of nitrogens with zero attached hydrogens (tertiary/aromatic N) is 5. The Bertz CT molecular complexity index is 1100. The topological polar surface area (TPSA) is 91.1 Å². The Kier molecular flexibility index (Phi) is 6.18. The Morgan fingerprint density at radius 1 is 1.06 bits per heavy atom. The van der Waals surface area contributed by atoms with Crippen LogP contribution in [0.1, 0.15) is 34.5 Å². The first-order valence-electron chi connectivity index (χ1n) is 11.6. The van der Waals surface area contributed by atoms with Crippen LogP contribution in [0.3, 0.4) is 0 Å². The molecule has 2 aromatic rings. The summed E-state index contributed by atoms with van der Waals surface area (Å²) in [5, 5.41) is 12.8. The minimum absolute atomic E-state index is 0.0383. The van der Waals surface area contributed by atoms with Crippen molar-refractivity contribution in [2.75, 3.05) is 44.3 Å². The third kappa shape index (κ3) is 4.72. The van der Waals surface area contributed by atoms with E-state index >= 15 is 0 Å². The van der Waals surface area contributed by atoms with E-state index in [0.717, 1.165) is 23.1 Å². The highest BCUT2D eigenvalue weighted by atomic mass is 19.4. The molecule has 1 N–H and O–H groups in total. The molecule has 2 bridgehead atoms. The van der Waals surface area contributed by atoms with E-state index in [2.05, 4.69) is 10.00 Å². The average molecular weight is 493 g/mol. The van der Waals surface area contributed by atoms with E-state index < -0.39 is 23.7 Å². The van der Waals surface area contributed by atoms with Gasteiger partial charge in [-0.2, -0.15) is 23.0 Å². The average Bonchev–Trinajstić information content (AvgIpc) is 3.41. The fourth-order valence-corrected chi connectivity index (χ4v) is 5.20. The monoisotopic (exact) mass is 493 g/mol. The number of alkyl halides is 3. The predicted octanol–water partition coefficient (Wildman–Crippen LogP) is 2.75. The van der Waals surface area contributed by atoms with Gasteiger partial charge in [0.25, 0.3) is 0 Å². The Morgan fingerprint density at radius 3 is 2.34 bits per heavy atom. The summed E-state index contributed by atoms with van der Waals surface area (Å²) in [5.41, 5.74) is 0.198. The number of carbonyl (C=O) groups is 2. The summed E-state index contributed by atoms with van der Waals surface area (Å²) in [6.07, 6.45) is -1.47. The van der Waals surface area contributed by atoms with Gasteiger partial charge in [-0.3, -0.25) is 4.90 Å². The molecule has 0 spiro atoms. The van der Waals surface area contributed by atoms with Gasteiger partial charge in [-0.05, 0) is 36.6 Å². The molecule has 188 valence electrons. The number of aromatic nitrogens is 2. The lowest BCUT2D eigenvalue weighted by molar-refractivity contribution is -0.137. The smallest absolute Gasteiger partial charge is 0.418 e. The van der Waals surface area contributed by atoms with Gasteiger partial charge in [-0.15, -0.1) is 0 Å². The molecule has 9 nitrogen and oxygen atoms in total. The second-order valence-electron chi connectivity index (χ2n) is 9.18. The standard InChI is InChI=1S/C23H26F3N5O4/c24-23(25,26)18-4-1-15(11-20(18)31-16-2-3-17(31)14-35-13-16)12-28-7-9-29(10-8-28)22(34)30-6-5-19(27-30)21(32)33/h1,4-6,11,16-17H,2-3,7-10,12-14H2,(H,32,33). The molecule has 3 fully saturated rings. The number of carboxylic acid groups (broad SMARTS) is 1. The van der Waals surface area contributed by atoms with Crippen molar-refractivity contribution in [1.29, 1.82) is 0 Å². The number of halogens is 3. The van der Waals surface area contributed by atoms with Gasteiger partial charge >= 0.3 is 18.2 Å². The number of ether oxygens (including phenoxy) is 1. The maximum Gasteiger partial charge on any atom is 0.418 e. The minimum atomic E-state index is -4.44. The SMILES string of the molecule is O=C(O)c1ccn(C(=O)N2CCN(Cc3ccc(C(F)(F)F)c(N4C5CCC4COC5)c3)CC2)n1. The van der Waals surface area contributed by atoms with Crippen LogP contribution in [0.4, 0.5) is 23.7 Å². The minimum Gasteiger partial charge on any atom is -0.476 e. The third-order valence-corrected chi connectivity index (χ3v) is 6.94. The van der Waals surface area contributed by atoms with Crippen molar-refractivity contribution in [2.45, 2.75) is 37.6 Å². The van der Waals surface area contributed by atoms with E-state index in [1.807, 2.05) is 4.90 Å². The molecular weight excluding hydrogens is 467 g/mol. The number of aromatic carboxylic acids is 1. The van der Waals surface area contributed by atoms with Gasteiger partial charge < -0.3 is 19.6 Å². The number of morpholine rings is 1. The zero-order valence-electron chi connectivity index (χ0n) is 18.9. The normalized spacial score (nSPS) is 23.1. The number of anilines is 1. The van der Waals surface area contributed by atoms with Crippen molar-refractivity contribution >= 4 is 17.7 Å². The summed E-state index contributed by atoms with van der Waals surface area (Å²) in [6.45, 7) is 3.24. The maximum absolute atomic E-state index is 13.8. The van der Waals surface area contributed by atoms with Gasteiger partial charge in [-0.1, -0.05) is 6.07 Å². The lowest BCUT2D eigenvalue weighted by Crippen LogP contribution is -2.49. The number of carboxylic acids is 1. The Labute approximate surface area is 199 Å². The summed E-state index contributed by atoms with van der Waals surface area (Å²) in [5.74, 6) is -1.21. The lowest BCUT2D eigenvalue weighted by atomic mass is 10.0. The van der Waals surface area contributed by atoms with E-state index in [1.165, 1.54) is 24.4 Å². The van der Waals surface area contributed by atoms with Gasteiger partial charge in [0.05, 0.1) is 30.9 Å².